The van der Waals surface area contributed by atoms with Crippen LogP contribution >= 0.6 is 0 Å². The molecule has 1 aromatic rings. The molecule has 0 spiro atoms. The second-order valence-corrected chi connectivity index (χ2v) is 7.30. The van der Waals surface area contributed by atoms with Crippen LogP contribution in [0.2, 0.25) is 0 Å². The van der Waals surface area contributed by atoms with Gasteiger partial charge >= 0.3 is 0 Å². The maximum Gasteiger partial charge on any atom is 0.227 e. The smallest absolute Gasteiger partial charge is 0.227 e. The van der Waals surface area contributed by atoms with Gasteiger partial charge in [-0.15, -0.1) is 0 Å². The van der Waals surface area contributed by atoms with Crippen LogP contribution < -0.4 is 10.2 Å². The SMILES string of the molecule is COCCN1CCC(C(=O)Nc2ccc(N3C(=O)CCC3C)cc2)CC1. The van der Waals surface area contributed by atoms with Gasteiger partial charge in [-0.25, -0.2) is 0 Å². The van der Waals surface area contributed by atoms with Crippen molar-refractivity contribution < 1.29 is 14.3 Å². The summed E-state index contributed by atoms with van der Waals surface area (Å²) in [4.78, 5) is 28.7. The van der Waals surface area contributed by atoms with E-state index in [0.717, 1.165) is 56.9 Å². The van der Waals surface area contributed by atoms with Crippen LogP contribution in [-0.4, -0.2) is 56.1 Å². The predicted molar refractivity (Wildman–Crippen MR) is 102 cm³/mol. The summed E-state index contributed by atoms with van der Waals surface area (Å²) in [6, 6.07) is 7.86. The molecule has 1 atom stereocenters. The van der Waals surface area contributed by atoms with Crippen LogP contribution in [0.1, 0.15) is 32.6 Å². The van der Waals surface area contributed by atoms with Crippen molar-refractivity contribution in [3.05, 3.63) is 24.3 Å². The van der Waals surface area contributed by atoms with E-state index in [0.29, 0.717) is 6.42 Å². The molecular formula is C20H29N3O3. The highest BCUT2D eigenvalue weighted by molar-refractivity contribution is 5.97. The Labute approximate surface area is 155 Å². The first-order valence-electron chi connectivity index (χ1n) is 9.52. The third-order valence-electron chi connectivity index (χ3n) is 5.47. The van der Waals surface area contributed by atoms with Crippen LogP contribution in [0.25, 0.3) is 0 Å². The van der Waals surface area contributed by atoms with Gasteiger partial charge in [-0.05, 0) is 63.5 Å². The molecule has 1 unspecified atom stereocenters. The van der Waals surface area contributed by atoms with E-state index in [-0.39, 0.29) is 23.8 Å². The first-order chi connectivity index (χ1) is 12.6. The lowest BCUT2D eigenvalue weighted by atomic mass is 9.96. The van der Waals surface area contributed by atoms with Crippen molar-refractivity contribution >= 4 is 23.2 Å². The second kappa shape index (κ2) is 8.64. The van der Waals surface area contributed by atoms with E-state index in [9.17, 15) is 9.59 Å². The molecule has 142 valence electrons. The fourth-order valence-corrected chi connectivity index (χ4v) is 3.82. The molecule has 0 aliphatic carbocycles. The number of piperidine rings is 1. The molecule has 2 aliphatic rings. The van der Waals surface area contributed by atoms with Crippen LogP contribution in [0.5, 0.6) is 0 Å². The minimum Gasteiger partial charge on any atom is -0.383 e. The van der Waals surface area contributed by atoms with E-state index in [4.69, 9.17) is 4.74 Å². The molecule has 0 bridgehead atoms. The zero-order chi connectivity index (χ0) is 18.5. The molecule has 0 aromatic heterocycles. The Morgan fingerprint density at radius 1 is 1.19 bits per heavy atom. The van der Waals surface area contributed by atoms with E-state index in [1.807, 2.05) is 29.2 Å². The van der Waals surface area contributed by atoms with Gasteiger partial charge in [0.15, 0.2) is 0 Å². The van der Waals surface area contributed by atoms with Crippen molar-refractivity contribution in [2.75, 3.05) is 43.6 Å². The van der Waals surface area contributed by atoms with Gasteiger partial charge in [0.05, 0.1) is 6.61 Å². The average Bonchev–Trinajstić information content (AvgIpc) is 2.99. The number of amides is 2. The minimum absolute atomic E-state index is 0.0636. The summed E-state index contributed by atoms with van der Waals surface area (Å²) < 4.78 is 5.11. The fourth-order valence-electron chi connectivity index (χ4n) is 3.82. The lowest BCUT2D eigenvalue weighted by Gasteiger charge is -2.31. The number of nitrogens with one attached hydrogen (secondary N) is 1. The predicted octanol–water partition coefficient (Wildman–Crippen LogP) is 2.50. The summed E-state index contributed by atoms with van der Waals surface area (Å²) in [6.07, 6.45) is 3.28. The molecule has 2 amide bonds. The van der Waals surface area contributed by atoms with Crippen LogP contribution in [0.15, 0.2) is 24.3 Å². The molecule has 2 aliphatic heterocycles. The molecule has 6 heteroatoms. The molecule has 0 saturated carbocycles. The Kier molecular flexibility index (Phi) is 6.27. The second-order valence-electron chi connectivity index (χ2n) is 7.30. The Hall–Kier alpha value is -1.92. The van der Waals surface area contributed by atoms with Crippen molar-refractivity contribution in [3.63, 3.8) is 0 Å². The first kappa shape index (κ1) is 18.9. The first-order valence-corrected chi connectivity index (χ1v) is 9.52. The normalized spacial score (nSPS) is 22.0. The largest absolute Gasteiger partial charge is 0.383 e. The molecule has 2 fully saturated rings. The summed E-state index contributed by atoms with van der Waals surface area (Å²) in [6.45, 7) is 5.62. The van der Waals surface area contributed by atoms with Gasteiger partial charge in [-0.3, -0.25) is 9.59 Å². The Balaban J connectivity index is 1.51. The van der Waals surface area contributed by atoms with E-state index in [1.165, 1.54) is 0 Å². The summed E-state index contributed by atoms with van der Waals surface area (Å²) in [5.74, 6) is 0.331. The number of methoxy groups -OCH3 is 1. The molecule has 1 N–H and O–H groups in total. The highest BCUT2D eigenvalue weighted by atomic mass is 16.5. The maximum atomic E-state index is 12.5. The van der Waals surface area contributed by atoms with Crippen LogP contribution in [-0.2, 0) is 14.3 Å². The van der Waals surface area contributed by atoms with E-state index < -0.39 is 0 Å². The Morgan fingerprint density at radius 3 is 2.46 bits per heavy atom. The van der Waals surface area contributed by atoms with Crippen molar-refractivity contribution in [2.24, 2.45) is 5.92 Å². The van der Waals surface area contributed by atoms with Gasteiger partial charge in [0.2, 0.25) is 11.8 Å². The quantitative estimate of drug-likeness (QED) is 0.848. The van der Waals surface area contributed by atoms with E-state index >= 15 is 0 Å². The monoisotopic (exact) mass is 359 g/mol. The number of hydrogen-bond acceptors (Lipinski definition) is 4. The van der Waals surface area contributed by atoms with Crippen molar-refractivity contribution in [1.29, 1.82) is 0 Å². The minimum atomic E-state index is 0.0636. The average molecular weight is 359 g/mol. The number of ether oxygens (including phenoxy) is 1. The molecule has 3 rings (SSSR count). The number of benzene rings is 1. The Morgan fingerprint density at radius 2 is 1.88 bits per heavy atom. The Bertz CT molecular complexity index is 624. The van der Waals surface area contributed by atoms with Crippen molar-refractivity contribution in [1.82, 2.24) is 4.90 Å². The van der Waals surface area contributed by atoms with E-state index in [2.05, 4.69) is 17.1 Å². The topological polar surface area (TPSA) is 61.9 Å². The maximum absolute atomic E-state index is 12.5. The fraction of sp³-hybridized carbons (Fsp3) is 0.600. The van der Waals surface area contributed by atoms with Crippen molar-refractivity contribution in [2.45, 2.75) is 38.6 Å². The molecule has 0 radical (unpaired) electrons. The molecular weight excluding hydrogens is 330 g/mol. The summed E-state index contributed by atoms with van der Waals surface area (Å²) in [5.41, 5.74) is 1.70. The van der Waals surface area contributed by atoms with Gasteiger partial charge in [-0.1, -0.05) is 0 Å². The van der Waals surface area contributed by atoms with Crippen molar-refractivity contribution in [3.8, 4) is 0 Å². The number of likely N-dealkylation sites (tertiary alicyclic amines) is 1. The lowest BCUT2D eigenvalue weighted by molar-refractivity contribution is -0.121. The molecule has 6 nitrogen and oxygen atoms in total. The molecule has 1 aromatic carbocycles. The van der Waals surface area contributed by atoms with Gasteiger partial charge in [0.25, 0.3) is 0 Å². The third-order valence-corrected chi connectivity index (χ3v) is 5.47. The lowest BCUT2D eigenvalue weighted by Crippen LogP contribution is -2.39. The van der Waals surface area contributed by atoms with Crippen LogP contribution in [0.3, 0.4) is 0 Å². The number of carbonyl (C=O) groups is 2. The van der Waals surface area contributed by atoms with Crippen LogP contribution in [0, 0.1) is 5.92 Å². The summed E-state index contributed by atoms with van der Waals surface area (Å²) in [5, 5.41) is 3.02. The molecule has 2 saturated heterocycles. The van der Waals surface area contributed by atoms with Crippen LogP contribution in [0.4, 0.5) is 11.4 Å². The number of hydrogen-bond donors (Lipinski definition) is 1. The number of rotatable bonds is 6. The highest BCUT2D eigenvalue weighted by Crippen LogP contribution is 2.28. The highest BCUT2D eigenvalue weighted by Gasteiger charge is 2.29. The third kappa shape index (κ3) is 4.43. The molecule has 26 heavy (non-hydrogen) atoms. The van der Waals surface area contributed by atoms with Gasteiger partial charge < -0.3 is 19.9 Å². The standard InChI is InChI=1S/C20H29N3O3/c1-15-3-8-19(24)23(15)18-6-4-17(5-7-18)21-20(25)16-9-11-22(12-10-16)13-14-26-2/h4-7,15-16H,3,8-14H2,1-2H3,(H,21,25). The summed E-state index contributed by atoms with van der Waals surface area (Å²) in [7, 11) is 1.71. The number of carbonyl (C=O) groups excluding carboxylic acids is 2. The zero-order valence-electron chi connectivity index (χ0n) is 15.7. The number of anilines is 2. The molecule has 2 heterocycles. The van der Waals surface area contributed by atoms with Gasteiger partial charge in [0, 0.05) is 43.4 Å². The van der Waals surface area contributed by atoms with Gasteiger partial charge in [-0.2, -0.15) is 0 Å². The summed E-state index contributed by atoms with van der Waals surface area (Å²) >= 11 is 0. The van der Waals surface area contributed by atoms with Gasteiger partial charge in [0.1, 0.15) is 0 Å². The number of nitrogens with zero attached hydrogens (tertiary/aromatic N) is 2. The zero-order valence-corrected chi connectivity index (χ0v) is 15.7. The van der Waals surface area contributed by atoms with E-state index in [1.54, 1.807) is 7.11 Å².